The summed E-state index contributed by atoms with van der Waals surface area (Å²) in [5, 5.41) is 1.56. The van der Waals surface area contributed by atoms with Crippen LogP contribution >= 0.6 is 21.6 Å². The third-order valence-corrected chi connectivity index (χ3v) is 5.86. The van der Waals surface area contributed by atoms with Gasteiger partial charge in [-0.1, -0.05) is 36.4 Å². The molecule has 0 saturated carbocycles. The Bertz CT molecular complexity index is 912. The van der Waals surface area contributed by atoms with Gasteiger partial charge in [-0.2, -0.15) is 54.1 Å². The SMILES string of the molecule is FC(F)(F)C(F)(F)/C(=N\Nc1ccccc1)SS/C(=N/Nc1ccccc1)C(F)(F)C(F)(F)F. The Kier molecular flexibility index (Phi) is 8.74. The topological polar surface area (TPSA) is 48.8 Å². The summed E-state index contributed by atoms with van der Waals surface area (Å²) < 4.78 is 133. The van der Waals surface area contributed by atoms with E-state index < -0.39 is 55.9 Å². The van der Waals surface area contributed by atoms with Gasteiger partial charge in [0.25, 0.3) is 0 Å². The molecule has 2 aromatic rings. The van der Waals surface area contributed by atoms with Crippen molar-refractivity contribution in [3.05, 3.63) is 60.7 Å². The maximum atomic E-state index is 13.9. The maximum Gasteiger partial charge on any atom is 0.460 e. The average molecular weight is 538 g/mol. The van der Waals surface area contributed by atoms with E-state index in [2.05, 4.69) is 10.2 Å². The van der Waals surface area contributed by atoms with Crippen molar-refractivity contribution in [2.45, 2.75) is 24.2 Å². The van der Waals surface area contributed by atoms with Crippen LogP contribution in [0.25, 0.3) is 0 Å². The molecule has 0 radical (unpaired) electrons. The number of anilines is 2. The quantitative estimate of drug-likeness (QED) is 0.131. The zero-order valence-electron chi connectivity index (χ0n) is 16.3. The number of para-hydroxylation sites is 2. The van der Waals surface area contributed by atoms with Crippen LogP contribution in [-0.4, -0.2) is 34.3 Å². The molecular formula is C18H12F10N4S2. The van der Waals surface area contributed by atoms with Gasteiger partial charge in [-0.3, -0.25) is 10.9 Å². The molecule has 0 aromatic heterocycles. The second kappa shape index (κ2) is 10.8. The minimum absolute atomic E-state index is 0.0520. The number of rotatable bonds is 6. The molecule has 0 aliphatic carbocycles. The lowest BCUT2D eigenvalue weighted by Crippen LogP contribution is -2.44. The minimum atomic E-state index is -6.22. The molecule has 0 heterocycles. The lowest BCUT2D eigenvalue weighted by atomic mass is 10.3. The van der Waals surface area contributed by atoms with E-state index in [9.17, 15) is 43.9 Å². The Labute approximate surface area is 193 Å². The Morgan fingerprint density at radius 3 is 1.09 bits per heavy atom. The number of nitrogens with one attached hydrogen (secondary N) is 2. The summed E-state index contributed by atoms with van der Waals surface area (Å²) in [7, 11) is -1.51. The molecular weight excluding hydrogens is 526 g/mol. The van der Waals surface area contributed by atoms with Crippen LogP contribution in [0.1, 0.15) is 0 Å². The molecule has 2 rings (SSSR count). The molecule has 4 nitrogen and oxygen atoms in total. The van der Waals surface area contributed by atoms with Gasteiger partial charge in [-0.15, -0.1) is 0 Å². The van der Waals surface area contributed by atoms with Crippen molar-refractivity contribution in [2.24, 2.45) is 10.2 Å². The Hall–Kier alpha value is -2.62. The van der Waals surface area contributed by atoms with Crippen LogP contribution in [-0.2, 0) is 0 Å². The fourth-order valence-electron chi connectivity index (χ4n) is 1.86. The van der Waals surface area contributed by atoms with Crippen molar-refractivity contribution in [2.75, 3.05) is 10.9 Å². The van der Waals surface area contributed by atoms with Crippen molar-refractivity contribution >= 4 is 43.1 Å². The molecule has 186 valence electrons. The van der Waals surface area contributed by atoms with E-state index in [1.165, 1.54) is 60.7 Å². The number of alkyl halides is 10. The van der Waals surface area contributed by atoms with Crippen molar-refractivity contribution in [1.29, 1.82) is 0 Å². The lowest BCUT2D eigenvalue weighted by molar-refractivity contribution is -0.248. The highest BCUT2D eigenvalue weighted by Gasteiger charge is 2.64. The second-order valence-electron chi connectivity index (χ2n) is 6.10. The number of benzene rings is 2. The number of hydrogen-bond donors (Lipinski definition) is 2. The largest absolute Gasteiger partial charge is 0.460 e. The van der Waals surface area contributed by atoms with E-state index in [1.807, 2.05) is 10.9 Å². The Morgan fingerprint density at radius 1 is 0.529 bits per heavy atom. The molecule has 0 fully saturated rings. The van der Waals surface area contributed by atoms with Gasteiger partial charge in [0.15, 0.2) is 10.1 Å². The van der Waals surface area contributed by atoms with E-state index in [-0.39, 0.29) is 11.4 Å². The van der Waals surface area contributed by atoms with Gasteiger partial charge in [0.1, 0.15) is 0 Å². The van der Waals surface area contributed by atoms with E-state index in [1.54, 1.807) is 0 Å². The summed E-state index contributed by atoms with van der Waals surface area (Å²) >= 11 is 0. The highest BCUT2D eigenvalue weighted by Crippen LogP contribution is 2.47. The Morgan fingerprint density at radius 2 is 0.824 bits per heavy atom. The molecule has 2 aromatic carbocycles. The second-order valence-corrected chi connectivity index (χ2v) is 8.21. The summed E-state index contributed by atoms with van der Waals surface area (Å²) in [6.45, 7) is 0. The summed E-state index contributed by atoms with van der Waals surface area (Å²) in [5.41, 5.74) is 3.66. The molecule has 0 aliphatic rings. The highest BCUT2D eigenvalue weighted by atomic mass is 33.1. The molecule has 0 bridgehead atoms. The first-order valence-corrected chi connectivity index (χ1v) is 10.8. The normalized spacial score (nSPS) is 14.2. The van der Waals surface area contributed by atoms with Crippen LogP contribution in [0.4, 0.5) is 55.3 Å². The van der Waals surface area contributed by atoms with Crippen molar-refractivity contribution < 1.29 is 43.9 Å². The van der Waals surface area contributed by atoms with Crippen LogP contribution in [0.2, 0.25) is 0 Å². The predicted octanol–water partition coefficient (Wildman–Crippen LogP) is 7.61. The summed E-state index contributed by atoms with van der Waals surface area (Å²) in [6, 6.07) is 13.4. The fourth-order valence-corrected chi connectivity index (χ4v) is 3.95. The van der Waals surface area contributed by atoms with Crippen LogP contribution in [0.3, 0.4) is 0 Å². The van der Waals surface area contributed by atoms with Gasteiger partial charge in [-0.05, 0) is 45.9 Å². The van der Waals surface area contributed by atoms with Crippen LogP contribution in [0, 0.1) is 0 Å². The maximum absolute atomic E-state index is 13.9. The number of nitrogens with zero attached hydrogens (tertiary/aromatic N) is 2. The molecule has 0 spiro atoms. The standard InChI is InChI=1S/C18H12F10N4S2/c19-15(20,17(23,24)25)13(31-29-11-7-3-1-4-8-11)33-34-14(16(21,22)18(26,27)28)32-30-12-9-5-2-6-10-12/h1-10,29-30H/b31-13+,32-14+. The van der Waals surface area contributed by atoms with E-state index in [0.717, 1.165) is 0 Å². The summed E-state index contributed by atoms with van der Waals surface area (Å²) in [4.78, 5) is 0. The number of hydrogen-bond acceptors (Lipinski definition) is 6. The molecule has 16 heteroatoms. The molecule has 34 heavy (non-hydrogen) atoms. The van der Waals surface area contributed by atoms with Gasteiger partial charge in [-0.25, -0.2) is 0 Å². The number of halogens is 10. The third kappa shape index (κ3) is 6.94. The predicted molar refractivity (Wildman–Crippen MR) is 112 cm³/mol. The van der Waals surface area contributed by atoms with E-state index in [4.69, 9.17) is 0 Å². The average Bonchev–Trinajstić information content (AvgIpc) is 2.75. The highest BCUT2D eigenvalue weighted by molar-refractivity contribution is 8.87. The van der Waals surface area contributed by atoms with Gasteiger partial charge < -0.3 is 0 Å². The molecule has 0 amide bonds. The summed E-state index contributed by atoms with van der Waals surface area (Å²) in [6.07, 6.45) is -12.4. The monoisotopic (exact) mass is 538 g/mol. The van der Waals surface area contributed by atoms with Crippen molar-refractivity contribution in [3.63, 3.8) is 0 Å². The first kappa shape index (κ1) is 27.6. The first-order chi connectivity index (χ1) is 15.7. The smallest absolute Gasteiger partial charge is 0.277 e. The van der Waals surface area contributed by atoms with Gasteiger partial charge >= 0.3 is 24.2 Å². The molecule has 0 saturated heterocycles. The fraction of sp³-hybridized carbons (Fsp3) is 0.222. The van der Waals surface area contributed by atoms with Gasteiger partial charge in [0, 0.05) is 0 Å². The first-order valence-electron chi connectivity index (χ1n) is 8.68. The minimum Gasteiger partial charge on any atom is -0.277 e. The number of hydrazone groups is 2. The van der Waals surface area contributed by atoms with E-state index >= 15 is 0 Å². The van der Waals surface area contributed by atoms with Gasteiger partial charge in [0.05, 0.1) is 11.4 Å². The molecule has 0 atom stereocenters. The lowest BCUT2D eigenvalue weighted by Gasteiger charge is -2.23. The zero-order valence-corrected chi connectivity index (χ0v) is 17.9. The van der Waals surface area contributed by atoms with Crippen LogP contribution in [0.5, 0.6) is 0 Å². The third-order valence-electron chi connectivity index (χ3n) is 3.57. The zero-order chi connectivity index (χ0) is 25.6. The summed E-state index contributed by atoms with van der Waals surface area (Å²) in [5.74, 6) is -11.4. The van der Waals surface area contributed by atoms with Crippen molar-refractivity contribution in [1.82, 2.24) is 0 Å². The van der Waals surface area contributed by atoms with Crippen LogP contribution in [0.15, 0.2) is 70.9 Å². The van der Waals surface area contributed by atoms with Crippen molar-refractivity contribution in [3.8, 4) is 0 Å². The molecule has 2 N–H and O–H groups in total. The molecule has 0 aliphatic heterocycles. The Balaban J connectivity index is 2.39. The van der Waals surface area contributed by atoms with Crippen LogP contribution < -0.4 is 10.9 Å². The van der Waals surface area contributed by atoms with E-state index in [0.29, 0.717) is 0 Å². The molecule has 0 unspecified atom stereocenters. The van der Waals surface area contributed by atoms with Gasteiger partial charge in [0.2, 0.25) is 0 Å².